The Bertz CT molecular complexity index is 901. The highest BCUT2D eigenvalue weighted by atomic mass is 16.5. The fourth-order valence-corrected chi connectivity index (χ4v) is 4.32. The Kier molecular flexibility index (Phi) is 5.81. The van der Waals surface area contributed by atoms with Crippen LogP contribution in [-0.4, -0.2) is 45.1 Å². The lowest BCUT2D eigenvalue weighted by atomic mass is 9.85. The Balaban J connectivity index is 1.63. The average Bonchev–Trinajstić information content (AvgIpc) is 3.27. The van der Waals surface area contributed by atoms with Crippen molar-refractivity contribution < 1.29 is 14.8 Å². The second kappa shape index (κ2) is 8.67. The maximum absolute atomic E-state index is 13.5. The van der Waals surface area contributed by atoms with Gasteiger partial charge in [-0.25, -0.2) is 5.06 Å². The summed E-state index contributed by atoms with van der Waals surface area (Å²) in [6.45, 7) is 0.565. The Hall–Kier alpha value is -3.18. The number of hydroxylamine groups is 2. The van der Waals surface area contributed by atoms with Crippen molar-refractivity contribution in [3.8, 4) is 0 Å². The van der Waals surface area contributed by atoms with Gasteiger partial charge in [-0.2, -0.15) is 0 Å². The molecule has 2 aliphatic heterocycles. The number of rotatable bonds is 6. The predicted octanol–water partition coefficient (Wildman–Crippen LogP) is 4.15. The number of fused-ring (bicyclic) bond motifs is 1. The van der Waals surface area contributed by atoms with E-state index in [2.05, 4.69) is 0 Å². The summed E-state index contributed by atoms with van der Waals surface area (Å²) < 4.78 is 0. The molecule has 2 aromatic rings. The predicted molar refractivity (Wildman–Crippen MR) is 116 cm³/mol. The first-order chi connectivity index (χ1) is 14.6. The van der Waals surface area contributed by atoms with Crippen molar-refractivity contribution >= 4 is 24.0 Å². The van der Waals surface area contributed by atoms with Gasteiger partial charge in [-0.1, -0.05) is 85.0 Å². The molecular formula is C25H26N2O3. The molecule has 2 fully saturated rings. The Labute approximate surface area is 176 Å². The minimum Gasteiger partial charge on any atom is -0.328 e. The number of piperazine rings is 1. The number of nitrogens with zero attached hydrogens (tertiary/aromatic N) is 2. The van der Waals surface area contributed by atoms with E-state index >= 15 is 0 Å². The topological polar surface area (TPSA) is 60.9 Å². The van der Waals surface area contributed by atoms with E-state index in [1.54, 1.807) is 4.90 Å². The molecule has 0 unspecified atom stereocenters. The van der Waals surface area contributed by atoms with Crippen LogP contribution in [0.3, 0.4) is 0 Å². The zero-order valence-corrected chi connectivity index (χ0v) is 16.9. The third-order valence-corrected chi connectivity index (χ3v) is 5.94. The average molecular weight is 402 g/mol. The van der Waals surface area contributed by atoms with Crippen LogP contribution in [0.15, 0.2) is 72.8 Å². The Morgan fingerprint density at radius 1 is 0.900 bits per heavy atom. The number of carbonyl (C=O) groups excluding carboxylic acids is 2. The summed E-state index contributed by atoms with van der Waals surface area (Å²) in [5.41, 5.74) is 0.685. The number of carbonyl (C=O) groups is 2. The normalized spacial score (nSPS) is 21.0. The van der Waals surface area contributed by atoms with E-state index in [1.807, 2.05) is 85.0 Å². The lowest BCUT2D eigenvalue weighted by Gasteiger charge is -2.46. The molecule has 154 valence electrons. The first kappa shape index (κ1) is 20.1. The number of amides is 2. The number of benzene rings is 2. The molecule has 0 bridgehead atoms. The summed E-state index contributed by atoms with van der Waals surface area (Å²) >= 11 is 0. The second-order valence-corrected chi connectivity index (χ2v) is 7.87. The molecule has 2 saturated heterocycles. The molecule has 0 radical (unpaired) electrons. The fraction of sp³-hybridized carbons (Fsp3) is 0.280. The third-order valence-electron chi connectivity index (χ3n) is 5.94. The van der Waals surface area contributed by atoms with Crippen LogP contribution in [0.4, 0.5) is 0 Å². The van der Waals surface area contributed by atoms with Gasteiger partial charge in [0.1, 0.15) is 6.04 Å². The van der Waals surface area contributed by atoms with Gasteiger partial charge in [0, 0.05) is 19.4 Å². The van der Waals surface area contributed by atoms with Gasteiger partial charge in [0.15, 0.2) is 5.54 Å². The first-order valence-electron chi connectivity index (χ1n) is 10.4. The van der Waals surface area contributed by atoms with Gasteiger partial charge in [0.05, 0.1) is 0 Å². The quantitative estimate of drug-likeness (QED) is 0.739. The van der Waals surface area contributed by atoms with Gasteiger partial charge in [-0.05, 0) is 24.0 Å². The molecule has 2 amide bonds. The van der Waals surface area contributed by atoms with Crippen LogP contribution in [0.2, 0.25) is 0 Å². The molecule has 1 atom stereocenters. The zero-order chi connectivity index (χ0) is 21.0. The summed E-state index contributed by atoms with van der Waals surface area (Å²) in [5.74, 6) is -0.559. The van der Waals surface area contributed by atoms with Crippen molar-refractivity contribution in [2.45, 2.75) is 37.3 Å². The highest BCUT2D eigenvalue weighted by Gasteiger charge is 2.56. The monoisotopic (exact) mass is 402 g/mol. The van der Waals surface area contributed by atoms with Crippen molar-refractivity contribution in [2.24, 2.45) is 0 Å². The molecule has 2 aliphatic rings. The zero-order valence-electron chi connectivity index (χ0n) is 16.9. The lowest BCUT2D eigenvalue weighted by molar-refractivity contribution is -0.216. The molecule has 2 heterocycles. The molecule has 1 N–H and O–H groups in total. The Morgan fingerprint density at radius 3 is 1.97 bits per heavy atom. The molecule has 0 aliphatic carbocycles. The van der Waals surface area contributed by atoms with E-state index in [-0.39, 0.29) is 24.7 Å². The van der Waals surface area contributed by atoms with Crippen LogP contribution in [-0.2, 0) is 9.59 Å². The maximum Gasteiger partial charge on any atom is 0.269 e. The minimum absolute atomic E-state index is 0.178. The van der Waals surface area contributed by atoms with Crippen molar-refractivity contribution in [1.29, 1.82) is 0 Å². The summed E-state index contributed by atoms with van der Waals surface area (Å²) in [6.07, 6.45) is 9.46. The summed E-state index contributed by atoms with van der Waals surface area (Å²) in [4.78, 5) is 28.0. The van der Waals surface area contributed by atoms with E-state index in [1.165, 1.54) is 0 Å². The van der Waals surface area contributed by atoms with Crippen molar-refractivity contribution in [2.75, 3.05) is 6.54 Å². The molecule has 4 rings (SSSR count). The smallest absolute Gasteiger partial charge is 0.269 e. The van der Waals surface area contributed by atoms with Crippen molar-refractivity contribution in [3.63, 3.8) is 0 Å². The van der Waals surface area contributed by atoms with Crippen LogP contribution in [0.25, 0.3) is 12.2 Å². The van der Waals surface area contributed by atoms with E-state index in [9.17, 15) is 14.8 Å². The van der Waals surface area contributed by atoms with E-state index < -0.39 is 11.6 Å². The largest absolute Gasteiger partial charge is 0.328 e. The summed E-state index contributed by atoms with van der Waals surface area (Å²) in [6, 6.07) is 19.0. The second-order valence-electron chi connectivity index (χ2n) is 7.87. The number of hydrogen-bond acceptors (Lipinski definition) is 3. The van der Waals surface area contributed by atoms with Gasteiger partial charge >= 0.3 is 0 Å². The maximum atomic E-state index is 13.5. The molecule has 5 nitrogen and oxygen atoms in total. The standard InChI is InChI=1S/C25H26N2O3/c28-23-22-16-9-19-26(22)24(29)25(27(23)30,17-7-14-20-10-3-1-4-11-20)18-8-15-21-12-5-2-6-13-21/h1-8,10-15,22,30H,9,16-19H2/b14-7+,15-8+/t22-/m0/s1. The van der Waals surface area contributed by atoms with Crippen molar-refractivity contribution in [3.05, 3.63) is 83.9 Å². The SMILES string of the molecule is O=C1[C@@H]2CCCN2C(=O)C(C/C=C/c2ccccc2)(C/C=C/c2ccccc2)N1O. The van der Waals surface area contributed by atoms with E-state index in [4.69, 9.17) is 0 Å². The van der Waals surface area contributed by atoms with Crippen molar-refractivity contribution in [1.82, 2.24) is 9.96 Å². The summed E-state index contributed by atoms with van der Waals surface area (Å²) in [7, 11) is 0. The molecule has 0 saturated carbocycles. The fourth-order valence-electron chi connectivity index (χ4n) is 4.32. The summed E-state index contributed by atoms with van der Waals surface area (Å²) in [5, 5.41) is 11.6. The van der Waals surface area contributed by atoms with Crippen LogP contribution >= 0.6 is 0 Å². The van der Waals surface area contributed by atoms with Gasteiger partial charge in [-0.15, -0.1) is 0 Å². The molecule has 30 heavy (non-hydrogen) atoms. The van der Waals surface area contributed by atoms with Gasteiger partial charge in [0.25, 0.3) is 11.8 Å². The first-order valence-corrected chi connectivity index (χ1v) is 10.4. The third kappa shape index (κ3) is 3.81. The van der Waals surface area contributed by atoms with Crippen LogP contribution in [0, 0.1) is 0 Å². The van der Waals surface area contributed by atoms with Crippen LogP contribution < -0.4 is 0 Å². The van der Waals surface area contributed by atoms with Gasteiger partial charge in [0.2, 0.25) is 0 Å². The number of hydrogen-bond donors (Lipinski definition) is 1. The molecule has 2 aromatic carbocycles. The van der Waals surface area contributed by atoms with Gasteiger partial charge in [-0.3, -0.25) is 14.8 Å². The molecular weight excluding hydrogens is 376 g/mol. The molecule has 0 spiro atoms. The highest BCUT2D eigenvalue weighted by Crippen LogP contribution is 2.37. The minimum atomic E-state index is -1.32. The van der Waals surface area contributed by atoms with E-state index in [0.29, 0.717) is 18.0 Å². The molecule has 0 aromatic heterocycles. The highest BCUT2D eigenvalue weighted by molar-refractivity contribution is 6.00. The van der Waals surface area contributed by atoms with Gasteiger partial charge < -0.3 is 4.90 Å². The van der Waals surface area contributed by atoms with Crippen LogP contribution in [0.5, 0.6) is 0 Å². The molecule has 5 heteroatoms. The van der Waals surface area contributed by atoms with Crippen LogP contribution in [0.1, 0.15) is 36.8 Å². The lowest BCUT2D eigenvalue weighted by Crippen LogP contribution is -2.69. The van der Waals surface area contributed by atoms with E-state index in [0.717, 1.165) is 17.5 Å². The Morgan fingerprint density at radius 2 is 1.43 bits per heavy atom.